The Kier molecular flexibility index (Phi) is 11.0. The van der Waals surface area contributed by atoms with E-state index >= 15 is 0 Å². The zero-order valence-corrected chi connectivity index (χ0v) is 11.4. The summed E-state index contributed by atoms with van der Waals surface area (Å²) >= 11 is 0. The molecule has 0 aliphatic carbocycles. The van der Waals surface area contributed by atoms with Crippen molar-refractivity contribution in [2.24, 2.45) is 0 Å². The minimum atomic E-state index is -0.405. The summed E-state index contributed by atoms with van der Waals surface area (Å²) in [5, 5.41) is 0. The van der Waals surface area contributed by atoms with Crippen molar-refractivity contribution in [1.29, 1.82) is 0 Å². The smallest absolute Gasteiger partial charge is 0.330 e. The van der Waals surface area contributed by atoms with Crippen LogP contribution >= 0.6 is 0 Å². The Bertz CT molecular complexity index is 340. The van der Waals surface area contributed by atoms with Crippen molar-refractivity contribution in [1.82, 2.24) is 0 Å². The first-order valence-corrected chi connectivity index (χ1v) is 6.13. The molecule has 104 valence electrons. The number of carbonyl (C=O) groups is 2. The first-order valence-electron chi connectivity index (χ1n) is 6.13. The quantitative estimate of drug-likeness (QED) is 0.293. The van der Waals surface area contributed by atoms with Crippen LogP contribution in [0.4, 0.5) is 0 Å². The maximum atomic E-state index is 11.1. The van der Waals surface area contributed by atoms with Gasteiger partial charge in [-0.2, -0.15) is 0 Å². The summed E-state index contributed by atoms with van der Waals surface area (Å²) in [6.07, 6.45) is 13.5. The molecule has 4 heteroatoms. The third kappa shape index (κ3) is 12.2. The molecule has 4 nitrogen and oxygen atoms in total. The predicted octanol–water partition coefficient (Wildman–Crippen LogP) is 2.73. The van der Waals surface area contributed by atoms with Gasteiger partial charge in [0, 0.05) is 18.6 Å². The summed E-state index contributed by atoms with van der Waals surface area (Å²) in [5.41, 5.74) is 0. The van der Waals surface area contributed by atoms with Gasteiger partial charge in [-0.05, 0) is 13.8 Å². The van der Waals surface area contributed by atoms with E-state index in [9.17, 15) is 9.59 Å². The maximum Gasteiger partial charge on any atom is 0.330 e. The predicted molar refractivity (Wildman–Crippen MR) is 74.4 cm³/mol. The summed E-state index contributed by atoms with van der Waals surface area (Å²) in [5.74, 6) is -0.810. The molecule has 0 saturated heterocycles. The van der Waals surface area contributed by atoms with Gasteiger partial charge >= 0.3 is 11.9 Å². The van der Waals surface area contributed by atoms with Gasteiger partial charge in [-0.25, -0.2) is 9.59 Å². The van der Waals surface area contributed by atoms with Crippen LogP contribution in [-0.2, 0) is 19.1 Å². The molecule has 0 rings (SSSR count). The van der Waals surface area contributed by atoms with Gasteiger partial charge in [0.2, 0.25) is 0 Å². The van der Waals surface area contributed by atoms with E-state index in [2.05, 4.69) is 0 Å². The van der Waals surface area contributed by atoms with Crippen LogP contribution in [0.15, 0.2) is 48.6 Å². The number of rotatable bonds is 8. The molecule has 0 unspecified atom stereocenters. The van der Waals surface area contributed by atoms with Crippen molar-refractivity contribution in [2.75, 3.05) is 13.2 Å². The molecule has 0 aliphatic heterocycles. The molecule has 0 amide bonds. The number of carbonyl (C=O) groups excluding carboxylic acids is 2. The minimum Gasteiger partial charge on any atom is -0.462 e. The van der Waals surface area contributed by atoms with E-state index in [1.165, 1.54) is 12.2 Å². The molecule has 0 saturated carbocycles. The van der Waals surface area contributed by atoms with Crippen molar-refractivity contribution >= 4 is 11.9 Å². The lowest BCUT2D eigenvalue weighted by Crippen LogP contribution is -2.07. The van der Waals surface area contributed by atoms with Crippen LogP contribution in [0.2, 0.25) is 0 Å². The Morgan fingerprint density at radius 2 is 1.21 bits per heavy atom. The van der Waals surface area contributed by atoms with Gasteiger partial charge in [-0.3, -0.25) is 0 Å². The molecule has 0 N–H and O–H groups in total. The number of esters is 2. The van der Waals surface area contributed by atoms with Gasteiger partial charge in [-0.15, -0.1) is 0 Å². The lowest BCUT2D eigenvalue weighted by molar-refractivity contribution is -0.140. The monoisotopic (exact) mass is 264 g/mol. The highest BCUT2D eigenvalue weighted by atomic mass is 16.5. The molecule has 0 aromatic rings. The molecule has 19 heavy (non-hydrogen) atoms. The summed E-state index contributed by atoms with van der Waals surface area (Å²) in [6.45, 7) is 4.17. The fourth-order valence-electron chi connectivity index (χ4n) is 0.991. The van der Waals surface area contributed by atoms with Crippen LogP contribution in [0.25, 0.3) is 0 Å². The average molecular weight is 264 g/mol. The van der Waals surface area contributed by atoms with E-state index in [1.54, 1.807) is 24.3 Å². The van der Waals surface area contributed by atoms with E-state index in [-0.39, 0.29) is 13.2 Å². The largest absolute Gasteiger partial charge is 0.462 e. The Balaban J connectivity index is 3.59. The van der Waals surface area contributed by atoms with Crippen molar-refractivity contribution in [3.05, 3.63) is 48.6 Å². The third-order valence-electron chi connectivity index (χ3n) is 1.85. The fraction of sp³-hybridized carbons (Fsp3) is 0.333. The second-order valence-corrected chi connectivity index (χ2v) is 3.46. The van der Waals surface area contributed by atoms with Gasteiger partial charge in [0.1, 0.15) is 0 Å². The molecule has 0 heterocycles. The molecule has 0 spiro atoms. The maximum absolute atomic E-state index is 11.1. The van der Waals surface area contributed by atoms with E-state index in [1.807, 2.05) is 26.0 Å². The molecule has 0 bridgehead atoms. The van der Waals surface area contributed by atoms with E-state index in [0.29, 0.717) is 6.42 Å². The number of allylic oxidation sites excluding steroid dienone is 6. The second-order valence-electron chi connectivity index (χ2n) is 3.46. The lowest BCUT2D eigenvalue weighted by Gasteiger charge is -2.02. The minimum absolute atomic E-state index is 0.227. The van der Waals surface area contributed by atoms with Gasteiger partial charge in [0.25, 0.3) is 0 Å². The SMILES string of the molecule is C/C=C/C=C/C(=O)OCCCOC(=O)/C=C/C=C/C. The van der Waals surface area contributed by atoms with Gasteiger partial charge in [-0.1, -0.05) is 36.5 Å². The zero-order valence-electron chi connectivity index (χ0n) is 11.4. The lowest BCUT2D eigenvalue weighted by atomic mass is 10.4. The van der Waals surface area contributed by atoms with Gasteiger partial charge in [0.05, 0.1) is 13.2 Å². The van der Waals surface area contributed by atoms with Crippen LogP contribution in [0.1, 0.15) is 20.3 Å². The molecular formula is C15H20O4. The number of hydrogen-bond acceptors (Lipinski definition) is 4. The molecule has 0 fully saturated rings. The highest BCUT2D eigenvalue weighted by Gasteiger charge is 1.98. The second kappa shape index (κ2) is 12.4. The average Bonchev–Trinajstić information content (AvgIpc) is 2.39. The van der Waals surface area contributed by atoms with E-state index in [0.717, 1.165) is 0 Å². The van der Waals surface area contributed by atoms with Gasteiger partial charge in [0.15, 0.2) is 0 Å². The summed E-state index contributed by atoms with van der Waals surface area (Å²) in [7, 11) is 0. The fourth-order valence-corrected chi connectivity index (χ4v) is 0.991. The Labute approximate surface area is 114 Å². The highest BCUT2D eigenvalue weighted by molar-refractivity contribution is 5.82. The van der Waals surface area contributed by atoms with Crippen molar-refractivity contribution in [3.8, 4) is 0 Å². The number of ether oxygens (including phenoxy) is 2. The van der Waals surface area contributed by atoms with Crippen LogP contribution in [0, 0.1) is 0 Å². The van der Waals surface area contributed by atoms with E-state index in [4.69, 9.17) is 9.47 Å². The molecular weight excluding hydrogens is 244 g/mol. The van der Waals surface area contributed by atoms with Gasteiger partial charge < -0.3 is 9.47 Å². The Morgan fingerprint density at radius 3 is 1.58 bits per heavy atom. The highest BCUT2D eigenvalue weighted by Crippen LogP contribution is 1.90. The number of hydrogen-bond donors (Lipinski definition) is 0. The molecule has 0 radical (unpaired) electrons. The Morgan fingerprint density at radius 1 is 0.789 bits per heavy atom. The normalized spacial score (nSPS) is 11.9. The first-order chi connectivity index (χ1) is 9.20. The van der Waals surface area contributed by atoms with Crippen LogP contribution in [-0.4, -0.2) is 25.2 Å². The summed E-state index contributed by atoms with van der Waals surface area (Å²) in [6, 6.07) is 0. The van der Waals surface area contributed by atoms with Crippen LogP contribution < -0.4 is 0 Å². The van der Waals surface area contributed by atoms with Crippen molar-refractivity contribution in [3.63, 3.8) is 0 Å². The van der Waals surface area contributed by atoms with Crippen molar-refractivity contribution in [2.45, 2.75) is 20.3 Å². The zero-order chi connectivity index (χ0) is 14.3. The third-order valence-corrected chi connectivity index (χ3v) is 1.85. The first kappa shape index (κ1) is 16.9. The van der Waals surface area contributed by atoms with E-state index < -0.39 is 11.9 Å². The van der Waals surface area contributed by atoms with Crippen LogP contribution in [0.3, 0.4) is 0 Å². The topological polar surface area (TPSA) is 52.6 Å². The molecule has 0 aromatic carbocycles. The molecule has 0 aromatic heterocycles. The Hall–Kier alpha value is -2.10. The summed E-state index contributed by atoms with van der Waals surface area (Å²) < 4.78 is 9.78. The van der Waals surface area contributed by atoms with Crippen LogP contribution in [0.5, 0.6) is 0 Å². The molecule has 0 aliphatic rings. The molecule has 0 atom stereocenters. The standard InChI is InChI=1S/C15H20O4/c1-3-5-7-10-14(16)18-12-9-13-19-15(17)11-8-6-4-2/h3-8,10-11H,9,12-13H2,1-2H3/b5-3+,6-4+,10-7+,11-8+. The van der Waals surface area contributed by atoms with Crippen molar-refractivity contribution < 1.29 is 19.1 Å². The summed E-state index contributed by atoms with van der Waals surface area (Å²) in [4.78, 5) is 22.2.